The molecule has 2 unspecified atom stereocenters. The monoisotopic (exact) mass is 950 g/mol. The summed E-state index contributed by atoms with van der Waals surface area (Å²) in [4.78, 5) is 0.448. The van der Waals surface area contributed by atoms with Crippen LogP contribution in [0, 0.1) is 3.57 Å². The number of phenolic OH excluding ortho intramolecular Hbond substituents is 2. The van der Waals surface area contributed by atoms with Gasteiger partial charge in [0.25, 0.3) is 20.0 Å². The number of aliphatic hydroxyl groups is 2. The van der Waals surface area contributed by atoms with Crippen LogP contribution >= 0.6 is 22.6 Å². The Hall–Kier alpha value is -5.01. The van der Waals surface area contributed by atoms with E-state index in [0.29, 0.717) is 37.6 Å². The van der Waals surface area contributed by atoms with Gasteiger partial charge in [-0.1, -0.05) is 66.7 Å². The van der Waals surface area contributed by atoms with Crippen molar-refractivity contribution in [3.8, 4) is 11.5 Å². The molecule has 6 rings (SSSR count). The maximum atomic E-state index is 12.4. The smallest absolute Gasteiger partial charge is 0.261 e. The number of aliphatic hydroxyl groups excluding tert-OH is 2. The molecule has 310 valence electrons. The lowest BCUT2D eigenvalue weighted by Crippen LogP contribution is -2.23. The van der Waals surface area contributed by atoms with Gasteiger partial charge in [0.15, 0.2) is 0 Å². The van der Waals surface area contributed by atoms with Crippen molar-refractivity contribution in [3.05, 3.63) is 177 Å². The Labute approximate surface area is 359 Å². The molecule has 0 fully saturated rings. The van der Waals surface area contributed by atoms with E-state index in [0.717, 1.165) is 38.7 Å². The van der Waals surface area contributed by atoms with E-state index in [9.17, 15) is 37.3 Å². The summed E-state index contributed by atoms with van der Waals surface area (Å²) in [5, 5.41) is 45.3. The number of sulfonamides is 2. The predicted octanol–water partition coefficient (Wildman–Crippen LogP) is 6.72. The van der Waals surface area contributed by atoms with Crippen LogP contribution in [0.3, 0.4) is 0 Å². The molecular formula is C44H47IN4O8S2. The maximum absolute atomic E-state index is 12.4. The Morgan fingerprint density at radius 1 is 0.475 bits per heavy atom. The third-order valence-electron chi connectivity index (χ3n) is 9.00. The van der Waals surface area contributed by atoms with Gasteiger partial charge in [-0.3, -0.25) is 9.44 Å². The Bertz CT molecular complexity index is 2410. The van der Waals surface area contributed by atoms with Gasteiger partial charge in [0, 0.05) is 28.0 Å². The molecule has 0 amide bonds. The first-order valence-corrected chi connectivity index (χ1v) is 22.7. The summed E-state index contributed by atoms with van der Waals surface area (Å²) in [6.07, 6.45) is 0.189. The summed E-state index contributed by atoms with van der Waals surface area (Å²) in [7, 11) is -7.20. The number of hydrogen-bond donors (Lipinski definition) is 8. The first-order valence-electron chi connectivity index (χ1n) is 18.7. The van der Waals surface area contributed by atoms with Gasteiger partial charge in [0.1, 0.15) is 11.5 Å². The largest absolute Gasteiger partial charge is 0.508 e. The zero-order valence-corrected chi connectivity index (χ0v) is 35.7. The molecule has 12 nitrogen and oxygen atoms in total. The first-order chi connectivity index (χ1) is 28.3. The van der Waals surface area contributed by atoms with E-state index < -0.39 is 32.3 Å². The number of halogens is 1. The lowest BCUT2D eigenvalue weighted by atomic mass is 10.1. The normalized spacial score (nSPS) is 12.5. The summed E-state index contributed by atoms with van der Waals surface area (Å²) in [5.74, 6) is 0.339. The van der Waals surface area contributed by atoms with Crippen LogP contribution in [0.5, 0.6) is 11.5 Å². The van der Waals surface area contributed by atoms with Gasteiger partial charge >= 0.3 is 0 Å². The zero-order valence-electron chi connectivity index (χ0n) is 31.9. The summed E-state index contributed by atoms with van der Waals surface area (Å²) in [6, 6.07) is 42.3. The van der Waals surface area contributed by atoms with Crippen molar-refractivity contribution in [2.75, 3.05) is 35.6 Å². The quantitative estimate of drug-likeness (QED) is 0.0338. The second-order valence-corrected chi connectivity index (χ2v) is 18.1. The van der Waals surface area contributed by atoms with Crippen molar-refractivity contribution in [2.24, 2.45) is 0 Å². The standard InChI is InChI=1S/C22H23IN2O4S.C22H24N2O4S/c23-18-5-11-21(12-6-18)30(28,29)25-19-7-1-16(2-8-19)13-14-24-15-22(27)17-3-9-20(26)10-4-17;25-20-12-8-18(9-13-20)22(26)16-23-15-14-17-6-10-19(11-7-17)24-29(27,28)21-4-2-1-3-5-21/h1-12,22,24-27H,13-15H2;1-13,22-26H,14-16H2. The average molecular weight is 951 g/mol. The van der Waals surface area contributed by atoms with E-state index in [4.69, 9.17) is 0 Å². The van der Waals surface area contributed by atoms with Gasteiger partial charge in [-0.15, -0.1) is 0 Å². The number of benzene rings is 6. The second kappa shape index (κ2) is 21.8. The van der Waals surface area contributed by atoms with Gasteiger partial charge in [-0.2, -0.15) is 0 Å². The van der Waals surface area contributed by atoms with E-state index in [1.807, 2.05) is 24.3 Å². The SMILES string of the molecule is O=S(=O)(Nc1ccc(CCNCC(O)c2ccc(O)cc2)cc1)c1ccc(I)cc1.O=S(=O)(Nc1ccc(CCNCC(O)c2ccc(O)cc2)cc1)c1ccccc1. The molecule has 0 aliphatic heterocycles. The minimum Gasteiger partial charge on any atom is -0.508 e. The molecule has 0 heterocycles. The number of phenols is 2. The number of hydrogen-bond acceptors (Lipinski definition) is 10. The van der Waals surface area contributed by atoms with Crippen LogP contribution in [0.4, 0.5) is 11.4 Å². The van der Waals surface area contributed by atoms with Gasteiger partial charge in [-0.05, 0) is 156 Å². The molecule has 2 atom stereocenters. The highest BCUT2D eigenvalue weighted by atomic mass is 127. The molecule has 0 saturated carbocycles. The molecule has 8 N–H and O–H groups in total. The Morgan fingerprint density at radius 3 is 1.24 bits per heavy atom. The van der Waals surface area contributed by atoms with Gasteiger partial charge in [0.05, 0.1) is 22.0 Å². The fraction of sp³-hybridized carbons (Fsp3) is 0.182. The van der Waals surface area contributed by atoms with E-state index >= 15 is 0 Å². The van der Waals surface area contributed by atoms with Crippen LogP contribution in [0.2, 0.25) is 0 Å². The van der Waals surface area contributed by atoms with E-state index in [1.165, 1.54) is 0 Å². The molecule has 0 radical (unpaired) electrons. The predicted molar refractivity (Wildman–Crippen MR) is 239 cm³/mol. The van der Waals surface area contributed by atoms with Crippen LogP contribution in [0.25, 0.3) is 0 Å². The average Bonchev–Trinajstić information content (AvgIpc) is 3.23. The molecule has 0 aromatic heterocycles. The molecular weight excluding hydrogens is 904 g/mol. The fourth-order valence-electron chi connectivity index (χ4n) is 5.69. The molecule has 0 aliphatic rings. The number of anilines is 2. The van der Waals surface area contributed by atoms with Gasteiger partial charge < -0.3 is 31.1 Å². The highest BCUT2D eigenvalue weighted by Crippen LogP contribution is 2.20. The third kappa shape index (κ3) is 14.6. The first kappa shape index (κ1) is 45.1. The van der Waals surface area contributed by atoms with Gasteiger partial charge in [-0.25, -0.2) is 16.8 Å². The highest BCUT2D eigenvalue weighted by Gasteiger charge is 2.15. The lowest BCUT2D eigenvalue weighted by Gasteiger charge is -2.13. The summed E-state index contributed by atoms with van der Waals surface area (Å²) in [6.45, 7) is 2.14. The summed E-state index contributed by atoms with van der Waals surface area (Å²) in [5.41, 5.74) is 4.61. The second-order valence-electron chi connectivity index (χ2n) is 13.5. The van der Waals surface area contributed by atoms with E-state index in [1.54, 1.807) is 127 Å². The van der Waals surface area contributed by atoms with Crippen molar-refractivity contribution in [3.63, 3.8) is 0 Å². The van der Waals surface area contributed by atoms with Gasteiger partial charge in [0.2, 0.25) is 0 Å². The van der Waals surface area contributed by atoms with Crippen molar-refractivity contribution in [1.82, 2.24) is 10.6 Å². The van der Waals surface area contributed by atoms with Crippen LogP contribution < -0.4 is 20.1 Å². The number of rotatable bonds is 18. The number of nitrogens with one attached hydrogen (secondary N) is 4. The van der Waals surface area contributed by atoms with Crippen LogP contribution in [-0.2, 0) is 32.9 Å². The van der Waals surface area contributed by atoms with E-state index in [-0.39, 0.29) is 21.3 Å². The van der Waals surface area contributed by atoms with Crippen molar-refractivity contribution in [2.45, 2.75) is 34.8 Å². The minimum absolute atomic E-state index is 0.170. The Kier molecular flexibility index (Phi) is 16.7. The lowest BCUT2D eigenvalue weighted by molar-refractivity contribution is 0.175. The van der Waals surface area contributed by atoms with E-state index in [2.05, 4.69) is 42.7 Å². The van der Waals surface area contributed by atoms with Crippen LogP contribution in [0.1, 0.15) is 34.5 Å². The highest BCUT2D eigenvalue weighted by molar-refractivity contribution is 14.1. The number of aromatic hydroxyl groups is 2. The fourth-order valence-corrected chi connectivity index (χ4v) is 8.19. The molecule has 0 spiro atoms. The van der Waals surface area contributed by atoms with Crippen molar-refractivity contribution >= 4 is 54.0 Å². The molecule has 0 bridgehead atoms. The van der Waals surface area contributed by atoms with Crippen molar-refractivity contribution < 1.29 is 37.3 Å². The molecule has 6 aromatic carbocycles. The maximum Gasteiger partial charge on any atom is 0.261 e. The minimum atomic E-state index is -3.61. The molecule has 15 heteroatoms. The van der Waals surface area contributed by atoms with Crippen molar-refractivity contribution in [1.29, 1.82) is 0 Å². The molecule has 59 heavy (non-hydrogen) atoms. The zero-order chi connectivity index (χ0) is 42.3. The third-order valence-corrected chi connectivity index (χ3v) is 12.5. The topological polar surface area (TPSA) is 197 Å². The summed E-state index contributed by atoms with van der Waals surface area (Å²) < 4.78 is 55.7. The molecule has 0 aliphatic carbocycles. The molecule has 0 saturated heterocycles. The van der Waals surface area contributed by atoms with Crippen LogP contribution in [-0.4, -0.2) is 63.4 Å². The summed E-state index contributed by atoms with van der Waals surface area (Å²) >= 11 is 2.13. The Balaban J connectivity index is 0.000000224. The Morgan fingerprint density at radius 2 is 0.847 bits per heavy atom. The van der Waals surface area contributed by atoms with Crippen LogP contribution in [0.15, 0.2) is 161 Å². The molecule has 6 aromatic rings.